The average Bonchev–Trinajstić information content (AvgIpc) is 2.69. The number of methoxy groups -OCH3 is 1. The molecule has 0 radical (unpaired) electrons. The third-order valence-corrected chi connectivity index (χ3v) is 4.51. The summed E-state index contributed by atoms with van der Waals surface area (Å²) in [6.07, 6.45) is 0. The number of pyridine rings is 1. The Kier molecular flexibility index (Phi) is 3.95. The quantitative estimate of drug-likeness (QED) is 0.469. The van der Waals surface area contributed by atoms with Crippen LogP contribution in [0.5, 0.6) is 5.75 Å². The van der Waals surface area contributed by atoms with Gasteiger partial charge in [-0.3, -0.25) is 4.98 Å². The lowest BCUT2D eigenvalue weighted by molar-refractivity contribution is 0.415. The second-order valence-corrected chi connectivity index (χ2v) is 6.06. The van der Waals surface area contributed by atoms with Gasteiger partial charge in [0.05, 0.1) is 12.8 Å². The zero-order valence-electron chi connectivity index (χ0n) is 14.4. The van der Waals surface area contributed by atoms with Gasteiger partial charge in [-0.05, 0) is 36.1 Å². The van der Waals surface area contributed by atoms with Crippen molar-refractivity contribution in [2.24, 2.45) is 0 Å². The van der Waals surface area contributed by atoms with Crippen molar-refractivity contribution in [3.05, 3.63) is 84.6 Å². The van der Waals surface area contributed by atoms with Gasteiger partial charge in [-0.2, -0.15) is 0 Å². The van der Waals surface area contributed by atoms with E-state index in [0.29, 0.717) is 0 Å². The number of hydrogen-bond acceptors (Lipinski definition) is 2. The molecule has 1 aromatic heterocycles. The van der Waals surface area contributed by atoms with Crippen molar-refractivity contribution in [1.82, 2.24) is 4.98 Å². The number of ether oxygens (including phenoxy) is 1. The Morgan fingerprint density at radius 3 is 2.00 bits per heavy atom. The molecule has 1 heterocycles. The third kappa shape index (κ3) is 2.76. The molecule has 0 saturated carbocycles. The predicted molar refractivity (Wildman–Crippen MR) is 104 cm³/mol. The molecule has 2 nitrogen and oxygen atoms in total. The number of aryl methyl sites for hydroxylation is 1. The highest BCUT2D eigenvalue weighted by Gasteiger charge is 2.15. The highest BCUT2D eigenvalue weighted by Crippen LogP contribution is 2.38. The number of rotatable bonds is 3. The fourth-order valence-corrected chi connectivity index (χ4v) is 3.28. The lowest BCUT2D eigenvalue weighted by atomic mass is 9.93. The fraction of sp³-hybridized carbons (Fsp3) is 0.0870. The molecule has 0 amide bonds. The average molecular weight is 325 g/mol. The monoisotopic (exact) mass is 325 g/mol. The maximum atomic E-state index is 5.41. The summed E-state index contributed by atoms with van der Waals surface area (Å²) in [5.41, 5.74) is 5.48. The second-order valence-electron chi connectivity index (χ2n) is 6.06. The molecule has 0 aliphatic heterocycles. The van der Waals surface area contributed by atoms with E-state index in [0.717, 1.165) is 33.7 Å². The molecule has 4 aromatic rings. The molecule has 0 aliphatic carbocycles. The summed E-state index contributed by atoms with van der Waals surface area (Å²) in [7, 11) is 1.69. The molecule has 2 heteroatoms. The maximum absolute atomic E-state index is 5.41. The van der Waals surface area contributed by atoms with E-state index in [2.05, 4.69) is 67.6 Å². The summed E-state index contributed by atoms with van der Waals surface area (Å²) < 4.78 is 5.41. The van der Waals surface area contributed by atoms with Crippen LogP contribution in [0, 0.1) is 6.92 Å². The van der Waals surface area contributed by atoms with Gasteiger partial charge in [0, 0.05) is 22.2 Å². The Morgan fingerprint density at radius 2 is 1.36 bits per heavy atom. The van der Waals surface area contributed by atoms with Gasteiger partial charge in [-0.25, -0.2) is 0 Å². The van der Waals surface area contributed by atoms with Gasteiger partial charge < -0.3 is 4.74 Å². The van der Waals surface area contributed by atoms with Crippen LogP contribution in [0.15, 0.2) is 78.9 Å². The van der Waals surface area contributed by atoms with Gasteiger partial charge in [-0.1, -0.05) is 60.7 Å². The third-order valence-electron chi connectivity index (χ3n) is 4.51. The van der Waals surface area contributed by atoms with Gasteiger partial charge in [0.25, 0.3) is 0 Å². The van der Waals surface area contributed by atoms with Crippen LogP contribution in [0.2, 0.25) is 0 Å². The first kappa shape index (κ1) is 15.4. The second kappa shape index (κ2) is 6.40. The van der Waals surface area contributed by atoms with Crippen LogP contribution in [0.1, 0.15) is 5.69 Å². The van der Waals surface area contributed by atoms with Crippen LogP contribution in [-0.2, 0) is 0 Å². The van der Waals surface area contributed by atoms with Crippen molar-refractivity contribution in [3.8, 4) is 28.1 Å². The number of nitrogens with zero attached hydrogens (tertiary/aromatic N) is 1. The van der Waals surface area contributed by atoms with Crippen LogP contribution in [0.4, 0.5) is 0 Å². The van der Waals surface area contributed by atoms with Crippen LogP contribution in [0.3, 0.4) is 0 Å². The first-order chi connectivity index (χ1) is 12.3. The minimum Gasteiger partial charge on any atom is -0.497 e. The zero-order valence-corrected chi connectivity index (χ0v) is 14.4. The van der Waals surface area contributed by atoms with Gasteiger partial charge in [-0.15, -0.1) is 0 Å². The van der Waals surface area contributed by atoms with E-state index in [1.807, 2.05) is 18.2 Å². The molecule has 0 unspecified atom stereocenters. The van der Waals surface area contributed by atoms with Gasteiger partial charge >= 0.3 is 0 Å². The molecule has 0 atom stereocenters. The Morgan fingerprint density at radius 1 is 0.720 bits per heavy atom. The van der Waals surface area contributed by atoms with E-state index in [9.17, 15) is 0 Å². The minimum absolute atomic E-state index is 0.851. The Bertz CT molecular complexity index is 1020. The van der Waals surface area contributed by atoms with Crippen LogP contribution < -0.4 is 4.74 Å². The van der Waals surface area contributed by atoms with Crippen molar-refractivity contribution in [3.63, 3.8) is 0 Å². The lowest BCUT2D eigenvalue weighted by Gasteiger charge is -2.16. The smallest absolute Gasteiger partial charge is 0.119 e. The Balaban J connectivity index is 2.11. The van der Waals surface area contributed by atoms with E-state index in [4.69, 9.17) is 9.72 Å². The van der Waals surface area contributed by atoms with E-state index in [-0.39, 0.29) is 0 Å². The summed E-state index contributed by atoms with van der Waals surface area (Å²) in [5.74, 6) is 0.851. The molecule has 122 valence electrons. The molecule has 0 saturated heterocycles. The van der Waals surface area contributed by atoms with Gasteiger partial charge in [0.15, 0.2) is 0 Å². The molecule has 0 aliphatic rings. The van der Waals surface area contributed by atoms with Crippen LogP contribution >= 0.6 is 0 Å². The molecule has 0 bridgehead atoms. The van der Waals surface area contributed by atoms with Crippen molar-refractivity contribution in [2.45, 2.75) is 6.92 Å². The van der Waals surface area contributed by atoms with E-state index in [1.54, 1.807) is 7.11 Å². The van der Waals surface area contributed by atoms with E-state index in [1.165, 1.54) is 10.9 Å². The number of fused-ring (bicyclic) bond motifs is 1. The van der Waals surface area contributed by atoms with Crippen LogP contribution in [0.25, 0.3) is 33.2 Å². The highest BCUT2D eigenvalue weighted by atomic mass is 16.5. The Labute approximate surface area is 147 Å². The highest BCUT2D eigenvalue weighted by molar-refractivity contribution is 6.04. The van der Waals surface area contributed by atoms with Gasteiger partial charge in [0.1, 0.15) is 5.75 Å². The van der Waals surface area contributed by atoms with Crippen molar-refractivity contribution < 1.29 is 4.74 Å². The predicted octanol–water partition coefficient (Wildman–Crippen LogP) is 5.89. The zero-order chi connectivity index (χ0) is 17.2. The largest absolute Gasteiger partial charge is 0.497 e. The summed E-state index contributed by atoms with van der Waals surface area (Å²) in [6, 6.07) is 27.1. The molecule has 0 N–H and O–H groups in total. The summed E-state index contributed by atoms with van der Waals surface area (Å²) in [6.45, 7) is 2.06. The van der Waals surface area contributed by atoms with Gasteiger partial charge in [0.2, 0.25) is 0 Å². The molecule has 0 fully saturated rings. The number of benzene rings is 3. The summed E-state index contributed by atoms with van der Waals surface area (Å²) in [5, 5.41) is 2.32. The standard InChI is InChI=1S/C23H19NO/c1-16-21-15-19(25-2)13-14-20(21)22(17-9-5-3-6-10-17)23(24-16)18-11-7-4-8-12-18/h3-15H,1-2H3. The molecular formula is C23H19NO. The van der Waals surface area contributed by atoms with E-state index < -0.39 is 0 Å². The first-order valence-corrected chi connectivity index (χ1v) is 8.37. The summed E-state index contributed by atoms with van der Waals surface area (Å²) in [4.78, 5) is 4.97. The molecule has 4 rings (SSSR count). The molecular weight excluding hydrogens is 306 g/mol. The number of hydrogen-bond donors (Lipinski definition) is 0. The maximum Gasteiger partial charge on any atom is 0.119 e. The molecule has 0 spiro atoms. The first-order valence-electron chi connectivity index (χ1n) is 8.37. The number of aromatic nitrogens is 1. The molecule has 25 heavy (non-hydrogen) atoms. The topological polar surface area (TPSA) is 22.1 Å². The fourth-order valence-electron chi connectivity index (χ4n) is 3.28. The normalized spacial score (nSPS) is 10.8. The van der Waals surface area contributed by atoms with Crippen molar-refractivity contribution >= 4 is 10.8 Å². The molecule has 3 aromatic carbocycles. The lowest BCUT2D eigenvalue weighted by Crippen LogP contribution is -1.96. The summed E-state index contributed by atoms with van der Waals surface area (Å²) >= 11 is 0. The van der Waals surface area contributed by atoms with Crippen LogP contribution in [-0.4, -0.2) is 12.1 Å². The SMILES string of the molecule is COc1ccc2c(-c3ccccc3)c(-c3ccccc3)nc(C)c2c1. The minimum atomic E-state index is 0.851. The van der Waals surface area contributed by atoms with Crippen molar-refractivity contribution in [2.75, 3.05) is 7.11 Å². The van der Waals surface area contributed by atoms with Crippen molar-refractivity contribution in [1.29, 1.82) is 0 Å². The Hall–Kier alpha value is -3.13. The van der Waals surface area contributed by atoms with E-state index >= 15 is 0 Å².